The SMILES string of the molecule is CCCC(NC1CCCC(C)CC1)c1ccccc1. The second-order valence-electron chi connectivity index (χ2n) is 6.23. The lowest BCUT2D eigenvalue weighted by atomic mass is 9.99. The summed E-state index contributed by atoms with van der Waals surface area (Å²) >= 11 is 0. The fourth-order valence-electron chi connectivity index (χ4n) is 3.26. The van der Waals surface area contributed by atoms with Gasteiger partial charge in [-0.05, 0) is 37.2 Å². The Morgan fingerprint density at radius 3 is 2.63 bits per heavy atom. The van der Waals surface area contributed by atoms with E-state index in [2.05, 4.69) is 49.5 Å². The first-order valence-electron chi connectivity index (χ1n) is 8.10. The summed E-state index contributed by atoms with van der Waals surface area (Å²) < 4.78 is 0. The predicted molar refractivity (Wildman–Crippen MR) is 83.3 cm³/mol. The summed E-state index contributed by atoms with van der Waals surface area (Å²) in [5.41, 5.74) is 1.46. The number of rotatable bonds is 5. The van der Waals surface area contributed by atoms with E-state index in [0.717, 1.165) is 12.0 Å². The predicted octanol–water partition coefficient (Wildman–Crippen LogP) is 5.09. The lowest BCUT2D eigenvalue weighted by molar-refractivity contribution is 0.378. The number of hydrogen-bond donors (Lipinski definition) is 1. The van der Waals surface area contributed by atoms with E-state index >= 15 is 0 Å². The first-order valence-corrected chi connectivity index (χ1v) is 8.10. The van der Waals surface area contributed by atoms with Crippen LogP contribution in [0.4, 0.5) is 0 Å². The third kappa shape index (κ3) is 4.65. The molecule has 19 heavy (non-hydrogen) atoms. The van der Waals surface area contributed by atoms with Crippen molar-refractivity contribution in [2.45, 2.75) is 70.9 Å². The summed E-state index contributed by atoms with van der Waals surface area (Å²) in [5.74, 6) is 0.924. The highest BCUT2D eigenvalue weighted by molar-refractivity contribution is 5.19. The van der Waals surface area contributed by atoms with E-state index in [9.17, 15) is 0 Å². The Morgan fingerprint density at radius 2 is 1.89 bits per heavy atom. The molecule has 3 atom stereocenters. The van der Waals surface area contributed by atoms with Gasteiger partial charge in [-0.2, -0.15) is 0 Å². The highest BCUT2D eigenvalue weighted by Crippen LogP contribution is 2.26. The average Bonchev–Trinajstić information content (AvgIpc) is 2.64. The van der Waals surface area contributed by atoms with Gasteiger partial charge in [-0.25, -0.2) is 0 Å². The monoisotopic (exact) mass is 259 g/mol. The third-order valence-corrected chi connectivity index (χ3v) is 4.47. The van der Waals surface area contributed by atoms with Crippen LogP contribution in [0.2, 0.25) is 0 Å². The molecule has 1 nitrogen and oxygen atoms in total. The van der Waals surface area contributed by atoms with Gasteiger partial charge in [0, 0.05) is 12.1 Å². The minimum atomic E-state index is 0.546. The van der Waals surface area contributed by atoms with Gasteiger partial charge in [-0.1, -0.05) is 63.4 Å². The van der Waals surface area contributed by atoms with Crippen LogP contribution in [0.1, 0.15) is 70.4 Å². The molecule has 1 fully saturated rings. The van der Waals surface area contributed by atoms with Gasteiger partial charge in [0.1, 0.15) is 0 Å². The van der Waals surface area contributed by atoms with Crippen molar-refractivity contribution in [3.05, 3.63) is 35.9 Å². The molecule has 1 aliphatic carbocycles. The lowest BCUT2D eigenvalue weighted by Crippen LogP contribution is -2.32. The average molecular weight is 259 g/mol. The van der Waals surface area contributed by atoms with Crippen LogP contribution < -0.4 is 5.32 Å². The van der Waals surface area contributed by atoms with Gasteiger partial charge in [0.05, 0.1) is 0 Å². The second kappa shape index (κ2) is 7.69. The van der Waals surface area contributed by atoms with Crippen molar-refractivity contribution in [1.29, 1.82) is 0 Å². The molecule has 1 aromatic rings. The molecule has 0 bridgehead atoms. The van der Waals surface area contributed by atoms with Crippen LogP contribution in [0.25, 0.3) is 0 Å². The van der Waals surface area contributed by atoms with E-state index in [1.807, 2.05) is 0 Å². The molecule has 2 rings (SSSR count). The van der Waals surface area contributed by atoms with Crippen LogP contribution >= 0.6 is 0 Å². The van der Waals surface area contributed by atoms with Crippen LogP contribution in [0.3, 0.4) is 0 Å². The van der Waals surface area contributed by atoms with Crippen molar-refractivity contribution in [2.24, 2.45) is 5.92 Å². The van der Waals surface area contributed by atoms with Crippen LogP contribution in [-0.4, -0.2) is 6.04 Å². The quantitative estimate of drug-likeness (QED) is 0.727. The summed E-state index contributed by atoms with van der Waals surface area (Å²) in [6.45, 7) is 4.69. The smallest absolute Gasteiger partial charge is 0.0322 e. The minimum absolute atomic E-state index is 0.546. The van der Waals surface area contributed by atoms with Crippen LogP contribution in [0.5, 0.6) is 0 Å². The van der Waals surface area contributed by atoms with E-state index in [1.165, 1.54) is 50.5 Å². The Balaban J connectivity index is 1.96. The lowest BCUT2D eigenvalue weighted by Gasteiger charge is -2.25. The highest BCUT2D eigenvalue weighted by Gasteiger charge is 2.19. The Labute approximate surface area is 118 Å². The zero-order chi connectivity index (χ0) is 13.5. The van der Waals surface area contributed by atoms with Gasteiger partial charge in [-0.3, -0.25) is 0 Å². The maximum Gasteiger partial charge on any atom is 0.0322 e. The standard InChI is InChI=1S/C18H29N/c1-3-8-18(16-10-5-4-6-11-16)19-17-12-7-9-15(2)13-14-17/h4-6,10-11,15,17-19H,3,7-9,12-14H2,1-2H3. The zero-order valence-electron chi connectivity index (χ0n) is 12.6. The Morgan fingerprint density at radius 1 is 1.11 bits per heavy atom. The Bertz CT molecular complexity index is 346. The van der Waals surface area contributed by atoms with E-state index in [4.69, 9.17) is 0 Å². The Hall–Kier alpha value is -0.820. The second-order valence-corrected chi connectivity index (χ2v) is 6.23. The summed E-state index contributed by atoms with van der Waals surface area (Å²) in [6, 6.07) is 12.2. The van der Waals surface area contributed by atoms with Crippen molar-refractivity contribution in [2.75, 3.05) is 0 Å². The molecule has 1 N–H and O–H groups in total. The van der Waals surface area contributed by atoms with Crippen LogP contribution in [0, 0.1) is 5.92 Å². The molecule has 1 aromatic carbocycles. The van der Waals surface area contributed by atoms with Crippen molar-refractivity contribution < 1.29 is 0 Å². The largest absolute Gasteiger partial charge is 0.307 e. The highest BCUT2D eigenvalue weighted by atomic mass is 14.9. The minimum Gasteiger partial charge on any atom is -0.307 e. The number of nitrogens with one attached hydrogen (secondary N) is 1. The zero-order valence-corrected chi connectivity index (χ0v) is 12.6. The first-order chi connectivity index (χ1) is 9.29. The summed E-state index contributed by atoms with van der Waals surface area (Å²) in [7, 11) is 0. The number of hydrogen-bond acceptors (Lipinski definition) is 1. The molecule has 3 unspecified atom stereocenters. The molecule has 0 amide bonds. The van der Waals surface area contributed by atoms with Crippen molar-refractivity contribution >= 4 is 0 Å². The molecule has 106 valence electrons. The number of benzene rings is 1. The summed E-state index contributed by atoms with van der Waals surface area (Å²) in [4.78, 5) is 0. The van der Waals surface area contributed by atoms with Gasteiger partial charge < -0.3 is 5.32 Å². The molecule has 0 radical (unpaired) electrons. The first kappa shape index (κ1) is 14.6. The fraction of sp³-hybridized carbons (Fsp3) is 0.667. The van der Waals surface area contributed by atoms with E-state index < -0.39 is 0 Å². The van der Waals surface area contributed by atoms with Crippen molar-refractivity contribution in [3.8, 4) is 0 Å². The van der Waals surface area contributed by atoms with E-state index in [-0.39, 0.29) is 0 Å². The van der Waals surface area contributed by atoms with Gasteiger partial charge >= 0.3 is 0 Å². The molecule has 0 aromatic heterocycles. The van der Waals surface area contributed by atoms with E-state index in [1.54, 1.807) is 0 Å². The van der Waals surface area contributed by atoms with Crippen LogP contribution in [0.15, 0.2) is 30.3 Å². The van der Waals surface area contributed by atoms with E-state index in [0.29, 0.717) is 6.04 Å². The molecule has 0 spiro atoms. The fourth-order valence-corrected chi connectivity index (χ4v) is 3.26. The van der Waals surface area contributed by atoms with Crippen LogP contribution in [-0.2, 0) is 0 Å². The van der Waals surface area contributed by atoms with Gasteiger partial charge in [0.2, 0.25) is 0 Å². The molecule has 0 saturated heterocycles. The Kier molecular flexibility index (Phi) is 5.91. The molecule has 1 heteroatoms. The molecule has 1 saturated carbocycles. The normalized spacial score (nSPS) is 25.8. The summed E-state index contributed by atoms with van der Waals surface area (Å²) in [6.07, 6.45) is 9.41. The molecular formula is C18H29N. The third-order valence-electron chi connectivity index (χ3n) is 4.47. The molecule has 1 aliphatic rings. The summed E-state index contributed by atoms with van der Waals surface area (Å²) in [5, 5.41) is 3.93. The molecule has 0 aliphatic heterocycles. The van der Waals surface area contributed by atoms with Gasteiger partial charge in [-0.15, -0.1) is 0 Å². The topological polar surface area (TPSA) is 12.0 Å². The van der Waals surface area contributed by atoms with Gasteiger partial charge in [0.25, 0.3) is 0 Å². The van der Waals surface area contributed by atoms with Crippen molar-refractivity contribution in [1.82, 2.24) is 5.32 Å². The molecule has 0 heterocycles. The van der Waals surface area contributed by atoms with Gasteiger partial charge in [0.15, 0.2) is 0 Å². The maximum atomic E-state index is 3.93. The van der Waals surface area contributed by atoms with Crippen molar-refractivity contribution in [3.63, 3.8) is 0 Å². The maximum absolute atomic E-state index is 3.93. The molecular weight excluding hydrogens is 230 g/mol.